The van der Waals surface area contributed by atoms with E-state index in [1.54, 1.807) is 19.9 Å². The molecule has 0 radical (unpaired) electrons. The summed E-state index contributed by atoms with van der Waals surface area (Å²) in [7, 11) is -3.65. The van der Waals surface area contributed by atoms with Crippen LogP contribution in [0.4, 0.5) is 5.69 Å². The lowest BCUT2D eigenvalue weighted by atomic mass is 9.82. The van der Waals surface area contributed by atoms with Crippen molar-refractivity contribution in [3.05, 3.63) is 53.6 Å². The first-order chi connectivity index (χ1) is 14.8. The Morgan fingerprint density at radius 1 is 1.16 bits per heavy atom. The minimum Gasteiger partial charge on any atom is -0.489 e. The number of sulfonamides is 1. The molecule has 1 aliphatic carbocycles. The predicted molar refractivity (Wildman–Crippen MR) is 123 cm³/mol. The van der Waals surface area contributed by atoms with Crippen LogP contribution in [-0.4, -0.2) is 37.8 Å². The van der Waals surface area contributed by atoms with Gasteiger partial charge in [-0.3, -0.25) is 4.79 Å². The molecule has 1 atom stereocenters. The molecule has 6 nitrogen and oxygen atoms in total. The second-order valence-electron chi connectivity index (χ2n) is 8.05. The summed E-state index contributed by atoms with van der Waals surface area (Å²) in [5, 5.41) is 2.97. The number of hydrogen-bond acceptors (Lipinski definition) is 4. The number of carbonyl (C=O) groups is 1. The number of fused-ring (bicyclic) bond motifs is 1. The third-order valence-corrected chi connectivity index (χ3v) is 7.65. The van der Waals surface area contributed by atoms with Gasteiger partial charge in [0.05, 0.1) is 22.6 Å². The summed E-state index contributed by atoms with van der Waals surface area (Å²) in [6.07, 6.45) is 2.57. The van der Waals surface area contributed by atoms with Gasteiger partial charge in [-0.05, 0) is 62.4 Å². The molecule has 7 heteroatoms. The number of hydrogen-bond donors (Lipinski definition) is 1. The van der Waals surface area contributed by atoms with Crippen molar-refractivity contribution in [2.75, 3.05) is 18.4 Å². The van der Waals surface area contributed by atoms with Crippen LogP contribution in [0, 0.1) is 0 Å². The van der Waals surface area contributed by atoms with Crippen LogP contribution in [-0.2, 0) is 21.2 Å². The summed E-state index contributed by atoms with van der Waals surface area (Å²) in [5.74, 6) is 0.0592. The largest absolute Gasteiger partial charge is 0.489 e. The summed E-state index contributed by atoms with van der Waals surface area (Å²) >= 11 is 0. The highest BCUT2D eigenvalue weighted by atomic mass is 32.2. The van der Waals surface area contributed by atoms with Crippen LogP contribution in [0.3, 0.4) is 0 Å². The van der Waals surface area contributed by atoms with Gasteiger partial charge in [-0.1, -0.05) is 38.1 Å². The number of anilines is 1. The van der Waals surface area contributed by atoms with Gasteiger partial charge in [0.1, 0.15) is 5.75 Å². The number of nitrogens with zero attached hydrogens (tertiary/aromatic N) is 1. The molecule has 0 saturated carbocycles. The summed E-state index contributed by atoms with van der Waals surface area (Å²) < 4.78 is 33.3. The van der Waals surface area contributed by atoms with E-state index in [4.69, 9.17) is 4.74 Å². The predicted octanol–water partition coefficient (Wildman–Crippen LogP) is 4.56. The van der Waals surface area contributed by atoms with E-state index in [1.807, 2.05) is 32.0 Å². The Kier molecular flexibility index (Phi) is 7.38. The highest BCUT2D eigenvalue weighted by molar-refractivity contribution is 7.89. The average molecular weight is 445 g/mol. The monoisotopic (exact) mass is 444 g/mol. The Morgan fingerprint density at radius 2 is 1.87 bits per heavy atom. The molecule has 1 unspecified atom stereocenters. The Labute approximate surface area is 185 Å². The van der Waals surface area contributed by atoms with Crippen molar-refractivity contribution >= 4 is 21.6 Å². The fourth-order valence-electron chi connectivity index (χ4n) is 4.08. The van der Waals surface area contributed by atoms with Crippen LogP contribution in [0.1, 0.15) is 57.6 Å². The van der Waals surface area contributed by atoms with Crippen LogP contribution in [0.25, 0.3) is 0 Å². The van der Waals surface area contributed by atoms with E-state index in [1.165, 1.54) is 22.0 Å². The molecule has 1 amide bonds. The van der Waals surface area contributed by atoms with E-state index in [-0.39, 0.29) is 22.8 Å². The molecule has 0 saturated heterocycles. The molecule has 1 aliphatic rings. The zero-order chi connectivity index (χ0) is 22.6. The van der Waals surface area contributed by atoms with Crippen molar-refractivity contribution in [1.82, 2.24) is 4.31 Å². The van der Waals surface area contributed by atoms with Gasteiger partial charge in [0.15, 0.2) is 0 Å². The Bertz CT molecular complexity index is 1030. The number of carbonyl (C=O) groups excluding carboxylic acids is 1. The van der Waals surface area contributed by atoms with Crippen LogP contribution in [0.15, 0.2) is 47.4 Å². The first-order valence-corrected chi connectivity index (χ1v) is 12.4. The lowest BCUT2D eigenvalue weighted by Gasteiger charge is -2.25. The normalized spacial score (nSPS) is 16.3. The second-order valence-corrected chi connectivity index (χ2v) is 9.98. The maximum atomic E-state index is 13.2. The third kappa shape index (κ3) is 5.10. The van der Waals surface area contributed by atoms with Crippen LogP contribution in [0.2, 0.25) is 0 Å². The Morgan fingerprint density at radius 3 is 2.55 bits per heavy atom. The highest BCUT2D eigenvalue weighted by Crippen LogP contribution is 2.35. The van der Waals surface area contributed by atoms with Gasteiger partial charge in [0.2, 0.25) is 15.9 Å². The standard InChI is InChI=1S/C24H32N2O4S/c1-5-26(6-2)31(28,29)19-14-15-23(30-17(3)4)22(16-19)25-24(27)21-13-9-11-18-10-7-8-12-20(18)21/h7-8,10,12,14-17,21H,5-6,9,11,13H2,1-4H3,(H,25,27). The molecule has 0 heterocycles. The molecule has 1 N–H and O–H groups in total. The molecule has 0 aromatic heterocycles. The first kappa shape index (κ1) is 23.3. The van der Waals surface area contributed by atoms with Crippen LogP contribution < -0.4 is 10.1 Å². The van der Waals surface area contributed by atoms with Crippen molar-refractivity contribution in [2.24, 2.45) is 0 Å². The average Bonchev–Trinajstić information content (AvgIpc) is 2.74. The van der Waals surface area contributed by atoms with Gasteiger partial charge in [0.25, 0.3) is 0 Å². The number of amides is 1. The minimum atomic E-state index is -3.65. The number of ether oxygens (including phenoxy) is 1. The molecular formula is C24H32N2O4S. The Hall–Kier alpha value is -2.38. The summed E-state index contributed by atoms with van der Waals surface area (Å²) in [6, 6.07) is 12.7. The van der Waals surface area contributed by atoms with Gasteiger partial charge in [0, 0.05) is 13.1 Å². The van der Waals surface area contributed by atoms with Crippen molar-refractivity contribution in [3.63, 3.8) is 0 Å². The second kappa shape index (κ2) is 9.83. The van der Waals surface area contributed by atoms with E-state index >= 15 is 0 Å². The maximum absolute atomic E-state index is 13.2. The van der Waals surface area contributed by atoms with Crippen molar-refractivity contribution in [1.29, 1.82) is 0 Å². The maximum Gasteiger partial charge on any atom is 0.243 e. The number of aryl methyl sites for hydroxylation is 1. The lowest BCUT2D eigenvalue weighted by Crippen LogP contribution is -2.31. The molecule has 2 aromatic carbocycles. The summed E-state index contributed by atoms with van der Waals surface area (Å²) in [5.41, 5.74) is 2.63. The fourth-order valence-corrected chi connectivity index (χ4v) is 5.57. The van der Waals surface area contributed by atoms with E-state index in [2.05, 4.69) is 11.4 Å². The topological polar surface area (TPSA) is 75.7 Å². The smallest absolute Gasteiger partial charge is 0.243 e. The number of benzene rings is 2. The fraction of sp³-hybridized carbons (Fsp3) is 0.458. The van der Waals surface area contributed by atoms with Gasteiger partial charge < -0.3 is 10.1 Å². The van der Waals surface area contributed by atoms with Gasteiger partial charge in [-0.2, -0.15) is 4.31 Å². The molecule has 0 fully saturated rings. The molecule has 2 aromatic rings. The zero-order valence-electron chi connectivity index (χ0n) is 18.7. The molecule has 31 heavy (non-hydrogen) atoms. The molecular weight excluding hydrogens is 412 g/mol. The van der Waals surface area contributed by atoms with Gasteiger partial charge in [-0.15, -0.1) is 0 Å². The molecule has 168 valence electrons. The van der Waals surface area contributed by atoms with Gasteiger partial charge >= 0.3 is 0 Å². The molecule has 0 aliphatic heterocycles. The van der Waals surface area contributed by atoms with Crippen LogP contribution >= 0.6 is 0 Å². The van der Waals surface area contributed by atoms with E-state index in [0.717, 1.165) is 24.8 Å². The van der Waals surface area contributed by atoms with Crippen molar-refractivity contribution in [2.45, 2.75) is 63.9 Å². The molecule has 0 spiro atoms. The Balaban J connectivity index is 1.96. The van der Waals surface area contributed by atoms with Gasteiger partial charge in [-0.25, -0.2) is 8.42 Å². The summed E-state index contributed by atoms with van der Waals surface area (Å²) in [4.78, 5) is 13.4. The lowest BCUT2D eigenvalue weighted by molar-refractivity contribution is -0.117. The quantitative estimate of drug-likeness (QED) is 0.647. The van der Waals surface area contributed by atoms with Crippen molar-refractivity contribution < 1.29 is 17.9 Å². The summed E-state index contributed by atoms with van der Waals surface area (Å²) in [6.45, 7) is 8.15. The first-order valence-electron chi connectivity index (χ1n) is 11.0. The van der Waals surface area contributed by atoms with E-state index in [0.29, 0.717) is 24.5 Å². The highest BCUT2D eigenvalue weighted by Gasteiger charge is 2.28. The third-order valence-electron chi connectivity index (χ3n) is 5.60. The molecule has 0 bridgehead atoms. The van der Waals surface area contributed by atoms with E-state index < -0.39 is 10.0 Å². The number of nitrogens with one attached hydrogen (secondary N) is 1. The van der Waals surface area contributed by atoms with Crippen molar-refractivity contribution in [3.8, 4) is 5.75 Å². The SMILES string of the molecule is CCN(CC)S(=O)(=O)c1ccc(OC(C)C)c(NC(=O)C2CCCc3ccccc32)c1. The molecule has 3 rings (SSSR count). The zero-order valence-corrected chi connectivity index (χ0v) is 19.5. The van der Waals surface area contributed by atoms with Crippen LogP contribution in [0.5, 0.6) is 5.75 Å². The van der Waals surface area contributed by atoms with E-state index in [9.17, 15) is 13.2 Å². The number of rotatable bonds is 8. The minimum absolute atomic E-state index is 0.115.